The van der Waals surface area contributed by atoms with Crippen LogP contribution in [0.1, 0.15) is 70.7 Å². The van der Waals surface area contributed by atoms with Gasteiger partial charge in [-0.05, 0) is 64.0 Å². The standard InChI is InChI=1S/C27H41N3O6/c1-15(2)22(29-26(34)36-27(6,7)8)25(33)30(20-13-18(20)5)23(24(32)28-14-21(31)35-9)19-11-10-16(3)12-17(19)4/h10-12,15,18,20,22-23H,13-14H2,1-9H3,(H,28,32)(H,29,34). The molecule has 1 aromatic carbocycles. The van der Waals surface area contributed by atoms with Crippen molar-refractivity contribution in [1.29, 1.82) is 0 Å². The third kappa shape index (κ3) is 7.70. The lowest BCUT2D eigenvalue weighted by Gasteiger charge is -2.36. The van der Waals surface area contributed by atoms with Crippen LogP contribution in [-0.2, 0) is 23.9 Å². The first-order valence-corrected chi connectivity index (χ1v) is 12.4. The van der Waals surface area contributed by atoms with Crippen molar-refractivity contribution < 1.29 is 28.7 Å². The van der Waals surface area contributed by atoms with E-state index in [1.165, 1.54) is 7.11 Å². The molecule has 9 nitrogen and oxygen atoms in total. The van der Waals surface area contributed by atoms with Crippen LogP contribution >= 0.6 is 0 Å². The molecule has 200 valence electrons. The molecule has 4 atom stereocenters. The number of ether oxygens (including phenoxy) is 2. The van der Waals surface area contributed by atoms with Gasteiger partial charge >= 0.3 is 12.1 Å². The van der Waals surface area contributed by atoms with Crippen molar-refractivity contribution in [2.75, 3.05) is 13.7 Å². The Kier molecular flexibility index (Phi) is 9.51. The molecule has 0 aromatic heterocycles. The van der Waals surface area contributed by atoms with E-state index in [1.807, 2.05) is 52.8 Å². The second-order valence-electron chi connectivity index (χ2n) is 11.0. The minimum Gasteiger partial charge on any atom is -0.468 e. The van der Waals surface area contributed by atoms with E-state index in [0.717, 1.165) is 17.5 Å². The number of hydrogen-bond donors (Lipinski definition) is 2. The molecule has 0 saturated heterocycles. The molecule has 1 aliphatic carbocycles. The van der Waals surface area contributed by atoms with Crippen molar-refractivity contribution >= 4 is 23.9 Å². The van der Waals surface area contributed by atoms with Crippen LogP contribution < -0.4 is 10.6 Å². The lowest BCUT2D eigenvalue weighted by Crippen LogP contribution is -2.56. The monoisotopic (exact) mass is 503 g/mol. The van der Waals surface area contributed by atoms with Crippen molar-refractivity contribution in [1.82, 2.24) is 15.5 Å². The molecule has 0 aliphatic heterocycles. The van der Waals surface area contributed by atoms with Crippen LogP contribution in [0.3, 0.4) is 0 Å². The molecule has 1 saturated carbocycles. The summed E-state index contributed by atoms with van der Waals surface area (Å²) in [5, 5.41) is 5.35. The molecule has 2 N–H and O–H groups in total. The zero-order valence-electron chi connectivity index (χ0n) is 22.9. The summed E-state index contributed by atoms with van der Waals surface area (Å²) in [6.45, 7) is 14.5. The fourth-order valence-electron chi connectivity index (χ4n) is 4.16. The average molecular weight is 504 g/mol. The Morgan fingerprint density at radius 3 is 2.22 bits per heavy atom. The summed E-state index contributed by atoms with van der Waals surface area (Å²) in [4.78, 5) is 53.6. The third-order valence-corrected chi connectivity index (χ3v) is 6.16. The fourth-order valence-corrected chi connectivity index (χ4v) is 4.16. The Labute approximate surface area is 214 Å². The van der Waals surface area contributed by atoms with E-state index in [2.05, 4.69) is 15.4 Å². The number of methoxy groups -OCH3 is 1. The van der Waals surface area contributed by atoms with Gasteiger partial charge < -0.3 is 25.0 Å². The highest BCUT2D eigenvalue weighted by atomic mass is 16.6. The summed E-state index contributed by atoms with van der Waals surface area (Å²) in [5.41, 5.74) is 1.80. The quantitative estimate of drug-likeness (QED) is 0.499. The van der Waals surface area contributed by atoms with E-state index in [-0.39, 0.29) is 30.3 Å². The van der Waals surface area contributed by atoms with Gasteiger partial charge in [-0.1, -0.05) is 44.5 Å². The number of aryl methyl sites for hydroxylation is 2. The molecule has 0 bridgehead atoms. The topological polar surface area (TPSA) is 114 Å². The van der Waals surface area contributed by atoms with E-state index in [1.54, 1.807) is 25.7 Å². The molecule has 0 spiro atoms. The van der Waals surface area contributed by atoms with Gasteiger partial charge in [0.05, 0.1) is 7.11 Å². The lowest BCUT2D eigenvalue weighted by molar-refractivity contribution is -0.146. The van der Waals surface area contributed by atoms with Gasteiger partial charge in [0.2, 0.25) is 11.8 Å². The first-order valence-electron chi connectivity index (χ1n) is 12.4. The second kappa shape index (κ2) is 11.8. The SMILES string of the molecule is COC(=O)CNC(=O)C(c1ccc(C)cc1C)N(C(=O)C(NC(=O)OC(C)(C)C)C(C)C)C1CC1C. The molecule has 1 aromatic rings. The molecular weight excluding hydrogens is 462 g/mol. The summed E-state index contributed by atoms with van der Waals surface area (Å²) in [6.07, 6.45) is 0.0332. The summed E-state index contributed by atoms with van der Waals surface area (Å²) >= 11 is 0. The normalized spacial score (nSPS) is 18.6. The van der Waals surface area contributed by atoms with Crippen molar-refractivity contribution in [3.63, 3.8) is 0 Å². The van der Waals surface area contributed by atoms with Crippen LogP contribution in [0.4, 0.5) is 4.79 Å². The minimum atomic E-state index is -0.987. The fraction of sp³-hybridized carbons (Fsp3) is 0.630. The number of amides is 3. The Morgan fingerprint density at radius 1 is 1.14 bits per heavy atom. The summed E-state index contributed by atoms with van der Waals surface area (Å²) in [6, 6.07) is 3.60. The van der Waals surface area contributed by atoms with Crippen molar-refractivity contribution in [2.45, 2.75) is 85.5 Å². The first-order chi connectivity index (χ1) is 16.7. The van der Waals surface area contributed by atoms with Crippen molar-refractivity contribution in [3.8, 4) is 0 Å². The average Bonchev–Trinajstić information content (AvgIpc) is 3.48. The van der Waals surface area contributed by atoms with E-state index < -0.39 is 35.7 Å². The Balaban J connectivity index is 2.51. The van der Waals surface area contributed by atoms with Crippen LogP contribution in [-0.4, -0.2) is 60.1 Å². The number of benzene rings is 1. The predicted octanol–water partition coefficient (Wildman–Crippen LogP) is 3.42. The molecule has 3 amide bonds. The summed E-state index contributed by atoms with van der Waals surface area (Å²) in [7, 11) is 1.24. The third-order valence-electron chi connectivity index (χ3n) is 6.16. The maximum absolute atomic E-state index is 14.1. The van der Waals surface area contributed by atoms with Crippen LogP contribution in [0.15, 0.2) is 18.2 Å². The lowest BCUT2D eigenvalue weighted by atomic mass is 9.94. The van der Waals surface area contributed by atoms with Crippen molar-refractivity contribution in [2.24, 2.45) is 11.8 Å². The maximum Gasteiger partial charge on any atom is 0.408 e. The number of rotatable bonds is 9. The molecular formula is C27H41N3O6. The van der Waals surface area contributed by atoms with E-state index in [4.69, 9.17) is 4.74 Å². The maximum atomic E-state index is 14.1. The summed E-state index contributed by atoms with van der Waals surface area (Å²) < 4.78 is 10.1. The van der Waals surface area contributed by atoms with Gasteiger partial charge in [-0.2, -0.15) is 0 Å². The summed E-state index contributed by atoms with van der Waals surface area (Å²) in [5.74, 6) is -1.53. The van der Waals surface area contributed by atoms with Gasteiger partial charge in [-0.3, -0.25) is 14.4 Å². The van der Waals surface area contributed by atoms with Crippen LogP contribution in [0.2, 0.25) is 0 Å². The molecule has 1 fully saturated rings. The van der Waals surface area contributed by atoms with Gasteiger partial charge in [0.25, 0.3) is 0 Å². The van der Waals surface area contributed by atoms with Gasteiger partial charge in [0.1, 0.15) is 24.2 Å². The zero-order valence-corrected chi connectivity index (χ0v) is 22.9. The molecule has 0 radical (unpaired) electrons. The van der Waals surface area contributed by atoms with Crippen LogP contribution in [0.25, 0.3) is 0 Å². The second-order valence-corrected chi connectivity index (χ2v) is 11.0. The van der Waals surface area contributed by atoms with E-state index >= 15 is 0 Å². The Hall–Kier alpha value is -3.10. The molecule has 9 heteroatoms. The highest BCUT2D eigenvalue weighted by Gasteiger charge is 2.49. The van der Waals surface area contributed by atoms with E-state index in [9.17, 15) is 19.2 Å². The molecule has 36 heavy (non-hydrogen) atoms. The predicted molar refractivity (Wildman–Crippen MR) is 136 cm³/mol. The van der Waals surface area contributed by atoms with Crippen molar-refractivity contribution in [3.05, 3.63) is 34.9 Å². The number of nitrogens with one attached hydrogen (secondary N) is 2. The number of alkyl carbamates (subject to hydrolysis) is 1. The van der Waals surface area contributed by atoms with E-state index in [0.29, 0.717) is 5.56 Å². The number of esters is 1. The van der Waals surface area contributed by atoms with Gasteiger partial charge in [0, 0.05) is 6.04 Å². The van der Waals surface area contributed by atoms with Crippen LogP contribution in [0, 0.1) is 25.7 Å². The smallest absolute Gasteiger partial charge is 0.408 e. The number of nitrogens with zero attached hydrogens (tertiary/aromatic N) is 1. The highest BCUT2D eigenvalue weighted by Crippen LogP contribution is 2.41. The van der Waals surface area contributed by atoms with Crippen LogP contribution in [0.5, 0.6) is 0 Å². The Bertz CT molecular complexity index is 984. The first kappa shape index (κ1) is 29.1. The zero-order chi connectivity index (χ0) is 27.4. The molecule has 2 rings (SSSR count). The van der Waals surface area contributed by atoms with Gasteiger partial charge in [-0.25, -0.2) is 4.79 Å². The highest BCUT2D eigenvalue weighted by molar-refractivity contribution is 5.94. The molecule has 4 unspecified atom stereocenters. The van der Waals surface area contributed by atoms with Gasteiger partial charge in [0.15, 0.2) is 0 Å². The number of carbonyl (C=O) groups excluding carboxylic acids is 4. The molecule has 0 heterocycles. The largest absolute Gasteiger partial charge is 0.468 e. The minimum absolute atomic E-state index is 0.185. The van der Waals surface area contributed by atoms with Gasteiger partial charge in [-0.15, -0.1) is 0 Å². The number of carbonyl (C=O) groups is 4. The molecule has 1 aliphatic rings. The Morgan fingerprint density at radius 2 is 1.75 bits per heavy atom. The number of hydrogen-bond acceptors (Lipinski definition) is 6.